The quantitative estimate of drug-likeness (QED) is 0.670. The summed E-state index contributed by atoms with van der Waals surface area (Å²) >= 11 is 0. The van der Waals surface area contributed by atoms with Crippen molar-refractivity contribution < 1.29 is 14.3 Å². The number of carbonyl (C=O) groups is 2. The molecular weight excluding hydrogens is 270 g/mol. The van der Waals surface area contributed by atoms with Crippen molar-refractivity contribution in [2.45, 2.75) is 25.9 Å². The van der Waals surface area contributed by atoms with Gasteiger partial charge in [-0.1, -0.05) is 12.1 Å². The fourth-order valence-electron chi connectivity index (χ4n) is 1.74. The minimum Gasteiger partial charge on any atom is -0.382 e. The minimum atomic E-state index is -0.249. The Labute approximate surface area is 125 Å². The second-order valence-corrected chi connectivity index (χ2v) is 4.72. The lowest BCUT2D eigenvalue weighted by atomic mass is 10.1. The predicted octanol–water partition coefficient (Wildman–Crippen LogP) is 1.13. The van der Waals surface area contributed by atoms with E-state index >= 15 is 0 Å². The minimum absolute atomic E-state index is 0.0267. The first-order chi connectivity index (χ1) is 10.1. The van der Waals surface area contributed by atoms with Crippen molar-refractivity contribution in [3.63, 3.8) is 0 Å². The zero-order valence-electron chi connectivity index (χ0n) is 12.5. The average Bonchev–Trinajstić information content (AvgIpc) is 2.50. The van der Waals surface area contributed by atoms with Crippen LogP contribution in [0.2, 0.25) is 0 Å². The average molecular weight is 293 g/mol. The van der Waals surface area contributed by atoms with Crippen LogP contribution in [0.4, 0.5) is 5.69 Å². The lowest BCUT2D eigenvalue weighted by Gasteiger charge is -2.12. The van der Waals surface area contributed by atoms with Gasteiger partial charge in [0, 0.05) is 26.6 Å². The van der Waals surface area contributed by atoms with E-state index in [-0.39, 0.29) is 17.9 Å². The highest BCUT2D eigenvalue weighted by Gasteiger charge is 2.13. The number of benzene rings is 1. The van der Waals surface area contributed by atoms with Crippen molar-refractivity contribution in [1.82, 2.24) is 5.32 Å². The van der Waals surface area contributed by atoms with Crippen LogP contribution < -0.4 is 16.4 Å². The van der Waals surface area contributed by atoms with Crippen molar-refractivity contribution in [2.75, 3.05) is 25.5 Å². The molecule has 4 N–H and O–H groups in total. The topological polar surface area (TPSA) is 93.4 Å². The van der Waals surface area contributed by atoms with Gasteiger partial charge in [-0.2, -0.15) is 0 Å². The molecule has 0 saturated heterocycles. The number of hydrogen-bond acceptors (Lipinski definition) is 4. The van der Waals surface area contributed by atoms with Crippen molar-refractivity contribution in [3.05, 3.63) is 29.8 Å². The Morgan fingerprint density at radius 1 is 1.33 bits per heavy atom. The molecule has 0 radical (unpaired) electrons. The number of ether oxygens (including phenoxy) is 1. The van der Waals surface area contributed by atoms with Crippen molar-refractivity contribution >= 4 is 17.5 Å². The Hall–Kier alpha value is -1.92. The summed E-state index contributed by atoms with van der Waals surface area (Å²) in [5.41, 5.74) is 6.29. The summed E-state index contributed by atoms with van der Waals surface area (Å²) in [5, 5.41) is 5.45. The molecule has 0 saturated carbocycles. The second kappa shape index (κ2) is 9.10. The zero-order chi connectivity index (χ0) is 15.7. The molecule has 0 aromatic heterocycles. The molecule has 6 heteroatoms. The monoisotopic (exact) mass is 293 g/mol. The number of amides is 2. The van der Waals surface area contributed by atoms with E-state index < -0.39 is 0 Å². The summed E-state index contributed by atoms with van der Waals surface area (Å²) in [7, 11) is 1.61. The molecule has 2 amide bonds. The van der Waals surface area contributed by atoms with Gasteiger partial charge in [0.05, 0.1) is 17.4 Å². The molecule has 116 valence electrons. The summed E-state index contributed by atoms with van der Waals surface area (Å²) in [5.74, 6) is -0.389. The Morgan fingerprint density at radius 3 is 2.71 bits per heavy atom. The first-order valence-electron chi connectivity index (χ1n) is 6.98. The lowest BCUT2D eigenvalue weighted by molar-refractivity contribution is -0.116. The molecule has 0 aliphatic heterocycles. The summed E-state index contributed by atoms with van der Waals surface area (Å²) in [6, 6.07) is 6.89. The van der Waals surface area contributed by atoms with Crippen LogP contribution in [0.1, 0.15) is 30.1 Å². The molecule has 0 spiro atoms. The Morgan fingerprint density at radius 2 is 2.05 bits per heavy atom. The molecular formula is C15H23N3O3. The number of nitrogens with two attached hydrogens (primary N) is 1. The molecule has 1 unspecified atom stereocenters. The second-order valence-electron chi connectivity index (χ2n) is 4.72. The maximum atomic E-state index is 12.0. The van der Waals surface area contributed by atoms with Gasteiger partial charge in [0.25, 0.3) is 5.91 Å². The van der Waals surface area contributed by atoms with E-state index in [1.165, 1.54) is 0 Å². The van der Waals surface area contributed by atoms with Crippen LogP contribution in [0.5, 0.6) is 0 Å². The number of anilines is 1. The molecule has 0 aliphatic rings. The molecule has 6 nitrogen and oxygen atoms in total. The van der Waals surface area contributed by atoms with Crippen molar-refractivity contribution in [2.24, 2.45) is 5.73 Å². The number of hydrogen-bond donors (Lipinski definition) is 3. The SMILES string of the molecule is COC(C)CCC(=O)Nc1ccccc1C(=O)NCCN. The fourth-order valence-corrected chi connectivity index (χ4v) is 1.74. The molecule has 1 aromatic carbocycles. The first kappa shape index (κ1) is 17.1. The van der Waals surface area contributed by atoms with Crippen LogP contribution in [-0.4, -0.2) is 38.1 Å². The third kappa shape index (κ3) is 5.93. The van der Waals surface area contributed by atoms with Gasteiger partial charge in [0.15, 0.2) is 0 Å². The first-order valence-corrected chi connectivity index (χ1v) is 6.98. The summed E-state index contributed by atoms with van der Waals surface area (Å²) < 4.78 is 5.10. The van der Waals surface area contributed by atoms with Crippen LogP contribution in [-0.2, 0) is 9.53 Å². The van der Waals surface area contributed by atoms with E-state index in [0.29, 0.717) is 37.2 Å². The van der Waals surface area contributed by atoms with Gasteiger partial charge in [-0.3, -0.25) is 9.59 Å². The van der Waals surface area contributed by atoms with E-state index in [1.54, 1.807) is 31.4 Å². The van der Waals surface area contributed by atoms with Crippen LogP contribution in [0.15, 0.2) is 24.3 Å². The Kier molecular flexibility index (Phi) is 7.42. The van der Waals surface area contributed by atoms with Crippen LogP contribution in [0, 0.1) is 0 Å². The lowest BCUT2D eigenvalue weighted by Crippen LogP contribution is -2.30. The smallest absolute Gasteiger partial charge is 0.253 e. The predicted molar refractivity (Wildman–Crippen MR) is 82.2 cm³/mol. The molecule has 1 rings (SSSR count). The highest BCUT2D eigenvalue weighted by Crippen LogP contribution is 2.15. The summed E-state index contributed by atoms with van der Waals surface area (Å²) in [6.45, 7) is 2.67. The molecule has 1 atom stereocenters. The standard InChI is InChI=1S/C15H23N3O3/c1-11(21-2)7-8-14(19)18-13-6-4-3-5-12(13)15(20)17-10-9-16/h3-6,11H,7-10,16H2,1-2H3,(H,17,20)(H,18,19). The van der Waals surface area contributed by atoms with Gasteiger partial charge in [-0.25, -0.2) is 0 Å². The summed E-state index contributed by atoms with van der Waals surface area (Å²) in [6.07, 6.45) is 0.997. The maximum Gasteiger partial charge on any atom is 0.253 e. The highest BCUT2D eigenvalue weighted by molar-refractivity contribution is 6.03. The molecule has 0 heterocycles. The maximum absolute atomic E-state index is 12.0. The number of methoxy groups -OCH3 is 1. The Balaban J connectivity index is 2.66. The molecule has 1 aromatic rings. The van der Waals surface area contributed by atoms with Gasteiger partial charge in [0.1, 0.15) is 0 Å². The van der Waals surface area contributed by atoms with Gasteiger partial charge < -0.3 is 21.1 Å². The van der Waals surface area contributed by atoms with Crippen molar-refractivity contribution in [1.29, 1.82) is 0 Å². The van der Waals surface area contributed by atoms with Gasteiger partial charge >= 0.3 is 0 Å². The summed E-state index contributed by atoms with van der Waals surface area (Å²) in [4.78, 5) is 23.9. The fraction of sp³-hybridized carbons (Fsp3) is 0.467. The molecule has 0 bridgehead atoms. The number of carbonyl (C=O) groups excluding carboxylic acids is 2. The largest absolute Gasteiger partial charge is 0.382 e. The van der Waals surface area contributed by atoms with Crippen LogP contribution >= 0.6 is 0 Å². The van der Waals surface area contributed by atoms with E-state index in [9.17, 15) is 9.59 Å². The van der Waals surface area contributed by atoms with E-state index in [4.69, 9.17) is 10.5 Å². The number of rotatable bonds is 8. The number of para-hydroxylation sites is 1. The van der Waals surface area contributed by atoms with Gasteiger partial charge in [0.2, 0.25) is 5.91 Å². The van der Waals surface area contributed by atoms with Crippen LogP contribution in [0.25, 0.3) is 0 Å². The third-order valence-corrected chi connectivity index (χ3v) is 3.06. The molecule has 0 fully saturated rings. The van der Waals surface area contributed by atoms with E-state index in [0.717, 1.165) is 0 Å². The van der Waals surface area contributed by atoms with E-state index in [1.807, 2.05) is 6.92 Å². The van der Waals surface area contributed by atoms with E-state index in [2.05, 4.69) is 10.6 Å². The normalized spacial score (nSPS) is 11.8. The zero-order valence-corrected chi connectivity index (χ0v) is 12.5. The Bertz CT molecular complexity index is 477. The molecule has 21 heavy (non-hydrogen) atoms. The third-order valence-electron chi connectivity index (χ3n) is 3.06. The van der Waals surface area contributed by atoms with Gasteiger partial charge in [-0.15, -0.1) is 0 Å². The van der Waals surface area contributed by atoms with Crippen LogP contribution in [0.3, 0.4) is 0 Å². The van der Waals surface area contributed by atoms with Crippen molar-refractivity contribution in [3.8, 4) is 0 Å². The number of nitrogens with one attached hydrogen (secondary N) is 2. The highest BCUT2D eigenvalue weighted by atomic mass is 16.5. The van der Waals surface area contributed by atoms with Gasteiger partial charge in [-0.05, 0) is 25.5 Å². The molecule has 0 aliphatic carbocycles.